The summed E-state index contributed by atoms with van der Waals surface area (Å²) in [5, 5.41) is 24.0. The van der Waals surface area contributed by atoms with Gasteiger partial charge >= 0.3 is 0 Å². The average Bonchev–Trinajstić information content (AvgIpc) is 3.32. The molecule has 3 N–H and O–H groups in total. The second-order valence-corrected chi connectivity index (χ2v) is 9.43. The number of aliphatic hydroxyl groups excluding tert-OH is 1. The van der Waals surface area contributed by atoms with E-state index >= 15 is 0 Å². The molecule has 2 aromatic rings. The lowest BCUT2D eigenvalue weighted by Crippen LogP contribution is -2.45. The maximum absolute atomic E-state index is 12.9. The number of hydrogen-bond donors (Lipinski definition) is 3. The Morgan fingerprint density at radius 1 is 1.31 bits per heavy atom. The average molecular weight is 395 g/mol. The lowest BCUT2D eigenvalue weighted by Gasteiger charge is -2.50. The van der Waals surface area contributed by atoms with Gasteiger partial charge in [-0.3, -0.25) is 4.79 Å². The Hall–Kier alpha value is -2.27. The lowest BCUT2D eigenvalue weighted by molar-refractivity contribution is -0.129. The van der Waals surface area contributed by atoms with Crippen LogP contribution in [0.1, 0.15) is 55.4 Å². The van der Waals surface area contributed by atoms with Gasteiger partial charge in [-0.15, -0.1) is 0 Å². The van der Waals surface area contributed by atoms with E-state index < -0.39 is 6.10 Å². The van der Waals surface area contributed by atoms with Crippen LogP contribution in [0.5, 0.6) is 5.75 Å². The van der Waals surface area contributed by atoms with E-state index in [1.165, 1.54) is 11.1 Å². The zero-order chi connectivity index (χ0) is 20.2. The van der Waals surface area contributed by atoms with Gasteiger partial charge in [-0.05, 0) is 90.7 Å². The molecular weight excluding hydrogens is 366 g/mol. The molecule has 0 radical (unpaired) electrons. The molecule has 1 aromatic carbocycles. The topological polar surface area (TPSA) is 82.7 Å². The molecule has 1 aromatic heterocycles. The maximum atomic E-state index is 12.9. The van der Waals surface area contributed by atoms with Crippen molar-refractivity contribution >= 4 is 5.91 Å². The highest BCUT2D eigenvalue weighted by Gasteiger charge is 2.59. The number of aryl methyl sites for hydroxylation is 1. The number of phenolic OH excluding ortho intramolecular Hbond substituents is 1. The first kappa shape index (κ1) is 18.7. The van der Waals surface area contributed by atoms with Gasteiger partial charge in [0.25, 0.3) is 0 Å². The molecule has 29 heavy (non-hydrogen) atoms. The van der Waals surface area contributed by atoms with Gasteiger partial charge in [0.05, 0.1) is 24.8 Å². The molecule has 6 atom stereocenters. The van der Waals surface area contributed by atoms with Crippen LogP contribution in [-0.4, -0.2) is 22.2 Å². The summed E-state index contributed by atoms with van der Waals surface area (Å²) in [6.45, 7) is 2.55. The standard InChI is InChI=1S/C24H29NO4/c1-24-9-8-18-17-7-5-15(26)11-14(17)4-6-19(18)21(24)12-20(22(24)27)23(28)25-13-16-3-2-10-29-16/h2-3,5,7,10-11,18-22,26-27H,4,6,8-9,12-13H2,1H3,(H,25,28)/t18-,19-,20?,21+,22+,24+/m1/s1. The number of phenols is 1. The normalized spacial score (nSPS) is 35.4. The Labute approximate surface area is 171 Å². The molecule has 3 aliphatic rings. The van der Waals surface area contributed by atoms with Crippen LogP contribution < -0.4 is 5.32 Å². The Kier molecular flexibility index (Phi) is 4.46. The quantitative estimate of drug-likeness (QED) is 0.739. The number of furan rings is 1. The minimum absolute atomic E-state index is 0.0674. The first-order chi connectivity index (χ1) is 14.0. The fourth-order valence-electron chi connectivity index (χ4n) is 6.56. The predicted octanol–water partition coefficient (Wildman–Crippen LogP) is 3.74. The van der Waals surface area contributed by atoms with Crippen molar-refractivity contribution in [3.8, 4) is 5.75 Å². The van der Waals surface area contributed by atoms with E-state index in [-0.39, 0.29) is 17.2 Å². The van der Waals surface area contributed by atoms with E-state index in [9.17, 15) is 15.0 Å². The summed E-state index contributed by atoms with van der Waals surface area (Å²) < 4.78 is 5.31. The number of benzene rings is 1. The van der Waals surface area contributed by atoms with Crippen LogP contribution in [0.2, 0.25) is 0 Å². The van der Waals surface area contributed by atoms with Crippen LogP contribution in [0.25, 0.3) is 0 Å². The van der Waals surface area contributed by atoms with Gasteiger partial charge in [0, 0.05) is 0 Å². The molecule has 5 nitrogen and oxygen atoms in total. The highest BCUT2D eigenvalue weighted by molar-refractivity contribution is 5.79. The summed E-state index contributed by atoms with van der Waals surface area (Å²) >= 11 is 0. The molecule has 5 rings (SSSR count). The van der Waals surface area contributed by atoms with Gasteiger partial charge in [0.15, 0.2) is 0 Å². The summed E-state index contributed by atoms with van der Waals surface area (Å²) in [4.78, 5) is 12.9. The van der Waals surface area contributed by atoms with Crippen molar-refractivity contribution in [3.05, 3.63) is 53.5 Å². The zero-order valence-corrected chi connectivity index (χ0v) is 16.8. The van der Waals surface area contributed by atoms with E-state index in [1.54, 1.807) is 12.3 Å². The number of aliphatic hydroxyl groups is 1. The summed E-state index contributed by atoms with van der Waals surface area (Å²) in [5.74, 6) is 1.94. The van der Waals surface area contributed by atoms with Gasteiger partial charge < -0.3 is 19.9 Å². The van der Waals surface area contributed by atoms with Crippen molar-refractivity contribution in [3.63, 3.8) is 0 Å². The molecule has 2 fully saturated rings. The van der Waals surface area contributed by atoms with Crippen LogP contribution in [0.15, 0.2) is 41.0 Å². The minimum atomic E-state index is -0.605. The number of fused-ring (bicyclic) bond motifs is 5. The van der Waals surface area contributed by atoms with E-state index in [0.29, 0.717) is 30.0 Å². The van der Waals surface area contributed by atoms with Crippen LogP contribution in [0, 0.1) is 23.2 Å². The number of amides is 1. The van der Waals surface area contributed by atoms with Crippen LogP contribution >= 0.6 is 0 Å². The zero-order valence-electron chi connectivity index (χ0n) is 16.8. The third-order valence-corrected chi connectivity index (χ3v) is 8.07. The Balaban J connectivity index is 1.36. The molecule has 154 valence electrons. The van der Waals surface area contributed by atoms with Gasteiger partial charge in [-0.1, -0.05) is 13.0 Å². The second kappa shape index (κ2) is 6.91. The molecule has 0 aliphatic heterocycles. The van der Waals surface area contributed by atoms with Crippen LogP contribution in [0.4, 0.5) is 0 Å². The number of carbonyl (C=O) groups is 1. The van der Waals surface area contributed by atoms with Crippen LogP contribution in [0.3, 0.4) is 0 Å². The SMILES string of the molecule is C[C@]12CC[C@@H]3c4ccc(O)cc4CC[C@H]3[C@@H]1CC(C(=O)NCc1ccco1)[C@@H]2O. The fourth-order valence-corrected chi connectivity index (χ4v) is 6.56. The van der Waals surface area contributed by atoms with Gasteiger partial charge in [-0.25, -0.2) is 0 Å². The van der Waals surface area contributed by atoms with Crippen molar-refractivity contribution in [2.75, 3.05) is 0 Å². The molecule has 1 amide bonds. The van der Waals surface area contributed by atoms with Gasteiger partial charge in [0.1, 0.15) is 11.5 Å². The number of hydrogen-bond acceptors (Lipinski definition) is 4. The highest BCUT2D eigenvalue weighted by Crippen LogP contribution is 2.62. The molecule has 0 spiro atoms. The molecule has 1 unspecified atom stereocenters. The molecule has 1 heterocycles. The Bertz CT molecular complexity index is 908. The maximum Gasteiger partial charge on any atom is 0.226 e. The molecule has 3 aliphatic carbocycles. The Morgan fingerprint density at radius 2 is 2.17 bits per heavy atom. The Morgan fingerprint density at radius 3 is 2.97 bits per heavy atom. The van der Waals surface area contributed by atoms with E-state index in [0.717, 1.165) is 37.9 Å². The summed E-state index contributed by atoms with van der Waals surface area (Å²) in [7, 11) is 0. The van der Waals surface area contributed by atoms with Crippen molar-refractivity contribution in [1.29, 1.82) is 0 Å². The van der Waals surface area contributed by atoms with Crippen molar-refractivity contribution in [2.24, 2.45) is 23.2 Å². The van der Waals surface area contributed by atoms with E-state index in [4.69, 9.17) is 4.42 Å². The monoisotopic (exact) mass is 395 g/mol. The number of rotatable bonds is 3. The summed E-state index contributed by atoms with van der Waals surface area (Å²) in [5.41, 5.74) is 2.42. The van der Waals surface area contributed by atoms with Crippen molar-refractivity contribution < 1.29 is 19.4 Å². The van der Waals surface area contributed by atoms with E-state index in [2.05, 4.69) is 18.3 Å². The van der Waals surface area contributed by atoms with Gasteiger partial charge in [-0.2, -0.15) is 0 Å². The highest BCUT2D eigenvalue weighted by atomic mass is 16.3. The van der Waals surface area contributed by atoms with Crippen molar-refractivity contribution in [2.45, 2.75) is 57.6 Å². The summed E-state index contributed by atoms with van der Waals surface area (Å²) in [6, 6.07) is 9.44. The smallest absolute Gasteiger partial charge is 0.226 e. The third-order valence-electron chi connectivity index (χ3n) is 8.07. The first-order valence-corrected chi connectivity index (χ1v) is 10.8. The fraction of sp³-hybridized carbons (Fsp3) is 0.542. The van der Waals surface area contributed by atoms with Crippen LogP contribution in [-0.2, 0) is 17.8 Å². The molecule has 2 saturated carbocycles. The molecular formula is C24H29NO4. The summed E-state index contributed by atoms with van der Waals surface area (Å²) in [6.07, 6.45) is 5.73. The molecule has 5 heteroatoms. The number of nitrogens with one attached hydrogen (secondary N) is 1. The predicted molar refractivity (Wildman–Crippen MR) is 108 cm³/mol. The second-order valence-electron chi connectivity index (χ2n) is 9.43. The lowest BCUT2D eigenvalue weighted by atomic mass is 9.55. The van der Waals surface area contributed by atoms with E-state index in [1.807, 2.05) is 18.2 Å². The number of carbonyl (C=O) groups excluding carboxylic acids is 1. The molecule has 0 bridgehead atoms. The molecule has 0 saturated heterocycles. The third kappa shape index (κ3) is 2.98. The van der Waals surface area contributed by atoms with Gasteiger partial charge in [0.2, 0.25) is 5.91 Å². The minimum Gasteiger partial charge on any atom is -0.508 e. The largest absolute Gasteiger partial charge is 0.508 e. The number of aromatic hydroxyl groups is 1. The van der Waals surface area contributed by atoms with Crippen molar-refractivity contribution in [1.82, 2.24) is 5.32 Å². The first-order valence-electron chi connectivity index (χ1n) is 10.8.